The second-order valence-electron chi connectivity index (χ2n) is 5.74. The number of carbonyl (C=O) groups is 1. The lowest BCUT2D eigenvalue weighted by molar-refractivity contribution is -0.123. The van der Waals surface area contributed by atoms with Gasteiger partial charge in [-0.05, 0) is 31.1 Å². The van der Waals surface area contributed by atoms with Crippen LogP contribution in [0.25, 0.3) is 0 Å². The van der Waals surface area contributed by atoms with Crippen molar-refractivity contribution in [3.05, 3.63) is 24.3 Å². The van der Waals surface area contributed by atoms with Crippen molar-refractivity contribution < 1.29 is 4.79 Å². The van der Waals surface area contributed by atoms with Crippen LogP contribution in [-0.4, -0.2) is 5.78 Å². The van der Waals surface area contributed by atoms with E-state index >= 15 is 0 Å². The summed E-state index contributed by atoms with van der Waals surface area (Å²) in [5.41, 5.74) is 1.30. The highest BCUT2D eigenvalue weighted by atomic mass is 16.1. The van der Waals surface area contributed by atoms with Crippen molar-refractivity contribution in [3.8, 4) is 0 Å². The fourth-order valence-electron chi connectivity index (χ4n) is 2.00. The van der Waals surface area contributed by atoms with Crippen LogP contribution in [-0.2, 0) is 4.79 Å². The largest absolute Gasteiger partial charge is 0.299 e. The van der Waals surface area contributed by atoms with Crippen LogP contribution < -0.4 is 0 Å². The van der Waals surface area contributed by atoms with Crippen LogP contribution >= 0.6 is 0 Å². The standard InChI is InChI=1S/C15H24O/c1-12-6-5-7-13(2)14(16)9-11-15(3,4)10-8-12/h8,10,13H,1,5-7,9,11H2,2-4H3/b10-8+/t13-/m1/s1. The summed E-state index contributed by atoms with van der Waals surface area (Å²) in [5.74, 6) is 0.649. The molecule has 1 atom stereocenters. The molecule has 0 unspecified atom stereocenters. The summed E-state index contributed by atoms with van der Waals surface area (Å²) in [6.45, 7) is 10.5. The summed E-state index contributed by atoms with van der Waals surface area (Å²) in [5, 5.41) is 0. The minimum atomic E-state index is 0.114. The van der Waals surface area contributed by atoms with Gasteiger partial charge in [0, 0.05) is 12.3 Å². The Kier molecular flexibility index (Phi) is 4.52. The molecule has 90 valence electrons. The molecular formula is C15H24O. The van der Waals surface area contributed by atoms with Gasteiger partial charge >= 0.3 is 0 Å². The van der Waals surface area contributed by atoms with Gasteiger partial charge in [0.1, 0.15) is 5.78 Å². The van der Waals surface area contributed by atoms with E-state index in [0.29, 0.717) is 12.2 Å². The highest BCUT2D eigenvalue weighted by Gasteiger charge is 2.19. The Hall–Kier alpha value is -0.850. The number of ketones is 1. The molecule has 0 fully saturated rings. The van der Waals surface area contributed by atoms with Crippen molar-refractivity contribution >= 4 is 5.78 Å². The highest BCUT2D eigenvalue weighted by Crippen LogP contribution is 2.28. The number of allylic oxidation sites excluding steroid dienone is 3. The molecule has 0 aromatic rings. The van der Waals surface area contributed by atoms with Crippen molar-refractivity contribution in [3.63, 3.8) is 0 Å². The van der Waals surface area contributed by atoms with Crippen molar-refractivity contribution in [2.45, 2.75) is 52.9 Å². The van der Waals surface area contributed by atoms with E-state index in [0.717, 1.165) is 25.7 Å². The summed E-state index contributed by atoms with van der Waals surface area (Å²) >= 11 is 0. The highest BCUT2D eigenvalue weighted by molar-refractivity contribution is 5.80. The fraction of sp³-hybridized carbons (Fsp3) is 0.667. The van der Waals surface area contributed by atoms with Gasteiger partial charge in [0.25, 0.3) is 0 Å². The quantitative estimate of drug-likeness (QED) is 0.595. The lowest BCUT2D eigenvalue weighted by Gasteiger charge is -2.20. The molecule has 1 aliphatic rings. The molecule has 0 aliphatic heterocycles. The van der Waals surface area contributed by atoms with Crippen molar-refractivity contribution in [1.82, 2.24) is 0 Å². The van der Waals surface area contributed by atoms with Crippen LogP contribution in [0.5, 0.6) is 0 Å². The number of rotatable bonds is 0. The van der Waals surface area contributed by atoms with Crippen LogP contribution in [0.2, 0.25) is 0 Å². The minimum absolute atomic E-state index is 0.114. The van der Waals surface area contributed by atoms with Crippen LogP contribution in [0.1, 0.15) is 52.9 Å². The van der Waals surface area contributed by atoms with Gasteiger partial charge in [-0.2, -0.15) is 0 Å². The summed E-state index contributed by atoms with van der Waals surface area (Å²) in [4.78, 5) is 11.9. The first-order chi connectivity index (χ1) is 7.41. The van der Waals surface area contributed by atoms with Gasteiger partial charge in [0.2, 0.25) is 0 Å². The average Bonchev–Trinajstić information content (AvgIpc) is 2.23. The Morgan fingerprint density at radius 3 is 2.75 bits per heavy atom. The van der Waals surface area contributed by atoms with E-state index in [1.165, 1.54) is 5.57 Å². The van der Waals surface area contributed by atoms with E-state index in [2.05, 4.69) is 39.5 Å². The molecule has 0 spiro atoms. The third-order valence-corrected chi connectivity index (χ3v) is 3.47. The normalized spacial score (nSPS) is 29.6. The maximum Gasteiger partial charge on any atom is 0.135 e. The maximum absolute atomic E-state index is 11.9. The summed E-state index contributed by atoms with van der Waals surface area (Å²) in [6.07, 6.45) is 9.11. The van der Waals surface area contributed by atoms with Crippen molar-refractivity contribution in [1.29, 1.82) is 0 Å². The zero-order valence-electron chi connectivity index (χ0n) is 10.9. The van der Waals surface area contributed by atoms with E-state index < -0.39 is 0 Å². The van der Waals surface area contributed by atoms with E-state index in [9.17, 15) is 4.79 Å². The number of hydrogen-bond donors (Lipinski definition) is 0. The second-order valence-corrected chi connectivity index (χ2v) is 5.74. The molecule has 0 amide bonds. The van der Waals surface area contributed by atoms with Gasteiger partial charge in [-0.25, -0.2) is 0 Å². The predicted octanol–water partition coefficient (Wildman–Crippen LogP) is 4.29. The first kappa shape index (κ1) is 13.2. The van der Waals surface area contributed by atoms with E-state index in [1.807, 2.05) is 0 Å². The predicted molar refractivity (Wildman–Crippen MR) is 69.3 cm³/mol. The van der Waals surface area contributed by atoms with Crippen molar-refractivity contribution in [2.75, 3.05) is 0 Å². The Morgan fingerprint density at radius 2 is 2.06 bits per heavy atom. The Labute approximate surface area is 99.6 Å². The van der Waals surface area contributed by atoms with Gasteiger partial charge in [0.15, 0.2) is 0 Å². The summed E-state index contributed by atoms with van der Waals surface area (Å²) in [6, 6.07) is 0. The third-order valence-electron chi connectivity index (χ3n) is 3.47. The molecule has 1 heteroatoms. The molecule has 0 aromatic heterocycles. The zero-order chi connectivity index (χ0) is 12.2. The average molecular weight is 220 g/mol. The van der Waals surface area contributed by atoms with Crippen LogP contribution in [0.4, 0.5) is 0 Å². The molecule has 0 N–H and O–H groups in total. The molecule has 16 heavy (non-hydrogen) atoms. The molecule has 0 saturated heterocycles. The molecule has 1 nitrogen and oxygen atoms in total. The first-order valence-corrected chi connectivity index (χ1v) is 6.30. The Balaban J connectivity index is 2.74. The smallest absolute Gasteiger partial charge is 0.135 e. The number of hydrogen-bond acceptors (Lipinski definition) is 1. The maximum atomic E-state index is 11.9. The Bertz CT molecular complexity index is 297. The summed E-state index contributed by atoms with van der Waals surface area (Å²) in [7, 11) is 0. The van der Waals surface area contributed by atoms with Crippen LogP contribution in [0.15, 0.2) is 24.3 Å². The molecule has 0 radical (unpaired) electrons. The lowest BCUT2D eigenvalue weighted by Crippen LogP contribution is -2.15. The van der Waals surface area contributed by atoms with Gasteiger partial charge < -0.3 is 0 Å². The van der Waals surface area contributed by atoms with Gasteiger partial charge in [-0.15, -0.1) is 0 Å². The topological polar surface area (TPSA) is 17.1 Å². The SMILES string of the molecule is C=C1/C=C/C(C)(C)CCC(=O)[C@H](C)CCC1. The van der Waals surface area contributed by atoms with Crippen molar-refractivity contribution in [2.24, 2.45) is 11.3 Å². The molecule has 0 heterocycles. The van der Waals surface area contributed by atoms with Crippen LogP contribution in [0, 0.1) is 11.3 Å². The first-order valence-electron chi connectivity index (χ1n) is 6.30. The molecule has 0 bridgehead atoms. The number of carbonyl (C=O) groups excluding carboxylic acids is 1. The lowest BCUT2D eigenvalue weighted by atomic mass is 9.85. The van der Waals surface area contributed by atoms with Gasteiger partial charge in [-0.3, -0.25) is 4.79 Å². The Morgan fingerprint density at radius 1 is 1.38 bits per heavy atom. The van der Waals surface area contributed by atoms with E-state index in [4.69, 9.17) is 0 Å². The van der Waals surface area contributed by atoms with Gasteiger partial charge in [-0.1, -0.05) is 45.1 Å². The van der Waals surface area contributed by atoms with Gasteiger partial charge in [0.05, 0.1) is 0 Å². The molecule has 1 rings (SSSR count). The zero-order valence-corrected chi connectivity index (χ0v) is 10.9. The molecular weight excluding hydrogens is 196 g/mol. The monoisotopic (exact) mass is 220 g/mol. The molecule has 0 aromatic carbocycles. The van der Waals surface area contributed by atoms with Crippen LogP contribution in [0.3, 0.4) is 0 Å². The van der Waals surface area contributed by atoms with E-state index in [1.54, 1.807) is 0 Å². The second kappa shape index (κ2) is 5.47. The molecule has 0 saturated carbocycles. The summed E-state index contributed by atoms with van der Waals surface area (Å²) < 4.78 is 0. The third kappa shape index (κ3) is 4.34. The number of Topliss-reactive ketones (excluding diaryl/α,β-unsaturated/α-hetero) is 1. The molecule has 1 aliphatic carbocycles. The van der Waals surface area contributed by atoms with E-state index in [-0.39, 0.29) is 11.3 Å². The fourth-order valence-corrected chi connectivity index (χ4v) is 2.00. The minimum Gasteiger partial charge on any atom is -0.299 e.